The van der Waals surface area contributed by atoms with Gasteiger partial charge in [-0.3, -0.25) is 4.90 Å². The first kappa shape index (κ1) is 17.9. The first-order valence-corrected chi connectivity index (χ1v) is 8.96. The van der Waals surface area contributed by atoms with Crippen molar-refractivity contribution < 1.29 is 4.39 Å². The van der Waals surface area contributed by atoms with Crippen LogP contribution in [0.4, 0.5) is 4.39 Å². The number of hydrogen-bond acceptors (Lipinski definition) is 5. The van der Waals surface area contributed by atoms with Crippen LogP contribution in [0.1, 0.15) is 37.7 Å². The highest BCUT2D eigenvalue weighted by Crippen LogP contribution is 2.27. The van der Waals surface area contributed by atoms with E-state index in [1.54, 1.807) is 12.1 Å². The third-order valence-corrected chi connectivity index (χ3v) is 4.78. The normalized spacial score (nSPS) is 18.0. The zero-order chi connectivity index (χ0) is 17.8. The van der Waals surface area contributed by atoms with Gasteiger partial charge in [-0.2, -0.15) is 0 Å². The second-order valence-corrected chi connectivity index (χ2v) is 7.31. The minimum Gasteiger partial charge on any atom is -0.304 e. The van der Waals surface area contributed by atoms with E-state index in [2.05, 4.69) is 46.2 Å². The smallest absolute Gasteiger partial charge is 0.168 e. The summed E-state index contributed by atoms with van der Waals surface area (Å²) in [5, 5.41) is 12.5. The van der Waals surface area contributed by atoms with Crippen LogP contribution in [0.15, 0.2) is 24.3 Å². The molecule has 0 bridgehead atoms. The van der Waals surface area contributed by atoms with Gasteiger partial charge in [0.15, 0.2) is 5.82 Å². The van der Waals surface area contributed by atoms with Gasteiger partial charge in [-0.05, 0) is 47.5 Å². The fraction of sp³-hybridized carbons (Fsp3) is 0.611. The Morgan fingerprint density at radius 3 is 2.40 bits per heavy atom. The number of hydrogen-bond donors (Lipinski definition) is 0. The molecule has 25 heavy (non-hydrogen) atoms. The quantitative estimate of drug-likeness (QED) is 0.802. The fourth-order valence-corrected chi connectivity index (χ4v) is 3.32. The van der Waals surface area contributed by atoms with Gasteiger partial charge < -0.3 is 4.90 Å². The van der Waals surface area contributed by atoms with Crippen LogP contribution in [-0.2, 0) is 6.54 Å². The minimum atomic E-state index is -0.226. The monoisotopic (exact) mass is 346 g/mol. The van der Waals surface area contributed by atoms with E-state index < -0.39 is 0 Å². The third-order valence-electron chi connectivity index (χ3n) is 4.78. The Balaban J connectivity index is 1.81. The summed E-state index contributed by atoms with van der Waals surface area (Å²) in [4.78, 5) is 4.84. The zero-order valence-corrected chi connectivity index (χ0v) is 15.3. The maximum Gasteiger partial charge on any atom is 0.168 e. The molecule has 1 saturated heterocycles. The molecule has 6 nitrogen and oxygen atoms in total. The van der Waals surface area contributed by atoms with Crippen LogP contribution in [-0.4, -0.2) is 63.2 Å². The lowest BCUT2D eigenvalue weighted by molar-refractivity contribution is 0.0934. The molecule has 0 N–H and O–H groups in total. The Bertz CT molecular complexity index is 660. The minimum absolute atomic E-state index is 0.212. The van der Waals surface area contributed by atoms with Crippen molar-refractivity contribution in [2.24, 2.45) is 5.92 Å². The average molecular weight is 346 g/mol. The van der Waals surface area contributed by atoms with Crippen LogP contribution in [0, 0.1) is 11.7 Å². The van der Waals surface area contributed by atoms with E-state index >= 15 is 0 Å². The predicted octanol–water partition coefficient (Wildman–Crippen LogP) is 2.20. The number of likely N-dealkylation sites (N-methyl/N-ethyl adjacent to an activating group) is 1. The average Bonchev–Trinajstić information content (AvgIpc) is 3.03. The molecule has 1 aromatic carbocycles. The maximum absolute atomic E-state index is 13.1. The molecular formula is C18H27FN6. The van der Waals surface area contributed by atoms with Crippen molar-refractivity contribution >= 4 is 0 Å². The standard InChI is InChI=1S/C18H27FN6/c1-14(2)12-17(24-10-8-23(3)9-11-24)18-20-21-22-25(18)13-15-4-6-16(19)7-5-15/h4-7,14,17H,8-13H2,1-3H3. The van der Waals surface area contributed by atoms with Crippen molar-refractivity contribution in [1.29, 1.82) is 0 Å². The maximum atomic E-state index is 13.1. The number of tetrazole rings is 1. The number of piperazine rings is 1. The van der Waals surface area contributed by atoms with Crippen LogP contribution < -0.4 is 0 Å². The summed E-state index contributed by atoms with van der Waals surface area (Å²) in [5.74, 6) is 1.24. The summed E-state index contributed by atoms with van der Waals surface area (Å²) in [6.07, 6.45) is 1.02. The van der Waals surface area contributed by atoms with E-state index in [0.717, 1.165) is 44.0 Å². The molecule has 136 valence electrons. The zero-order valence-electron chi connectivity index (χ0n) is 15.3. The lowest BCUT2D eigenvalue weighted by atomic mass is 10.0. The molecule has 0 saturated carbocycles. The van der Waals surface area contributed by atoms with Crippen LogP contribution in [0.2, 0.25) is 0 Å². The Morgan fingerprint density at radius 1 is 1.08 bits per heavy atom. The second kappa shape index (κ2) is 8.01. The van der Waals surface area contributed by atoms with E-state index in [9.17, 15) is 4.39 Å². The highest BCUT2D eigenvalue weighted by Gasteiger charge is 2.29. The molecule has 0 radical (unpaired) electrons. The van der Waals surface area contributed by atoms with Crippen LogP contribution in [0.25, 0.3) is 0 Å². The van der Waals surface area contributed by atoms with E-state index in [1.165, 1.54) is 12.1 Å². The van der Waals surface area contributed by atoms with Crippen molar-refractivity contribution in [2.45, 2.75) is 32.9 Å². The van der Waals surface area contributed by atoms with Gasteiger partial charge in [-0.15, -0.1) is 5.10 Å². The summed E-state index contributed by atoms with van der Waals surface area (Å²) in [6.45, 7) is 9.20. The van der Waals surface area contributed by atoms with Crippen molar-refractivity contribution in [1.82, 2.24) is 30.0 Å². The first-order chi connectivity index (χ1) is 12.0. The molecule has 0 aliphatic carbocycles. The molecular weight excluding hydrogens is 319 g/mol. The molecule has 1 aliphatic rings. The summed E-state index contributed by atoms with van der Waals surface area (Å²) in [7, 11) is 2.16. The van der Waals surface area contributed by atoms with Gasteiger partial charge in [0.25, 0.3) is 0 Å². The van der Waals surface area contributed by atoms with Crippen LogP contribution in [0.3, 0.4) is 0 Å². The van der Waals surface area contributed by atoms with Gasteiger partial charge in [-0.25, -0.2) is 9.07 Å². The fourth-order valence-electron chi connectivity index (χ4n) is 3.32. The molecule has 0 spiro atoms. The summed E-state index contributed by atoms with van der Waals surface area (Å²) in [5.41, 5.74) is 0.997. The number of halogens is 1. The largest absolute Gasteiger partial charge is 0.304 e. The summed E-state index contributed by atoms with van der Waals surface area (Å²) in [6, 6.07) is 6.74. The van der Waals surface area contributed by atoms with Crippen LogP contribution >= 0.6 is 0 Å². The van der Waals surface area contributed by atoms with Gasteiger partial charge in [0, 0.05) is 26.2 Å². The Morgan fingerprint density at radius 2 is 1.76 bits per heavy atom. The Hall–Kier alpha value is -1.86. The highest BCUT2D eigenvalue weighted by molar-refractivity contribution is 5.16. The first-order valence-electron chi connectivity index (χ1n) is 8.96. The molecule has 1 aromatic heterocycles. The van der Waals surface area contributed by atoms with Gasteiger partial charge >= 0.3 is 0 Å². The molecule has 2 aromatic rings. The van der Waals surface area contributed by atoms with Gasteiger partial charge in [0.05, 0.1) is 12.6 Å². The number of rotatable bonds is 6. The van der Waals surface area contributed by atoms with Crippen molar-refractivity contribution in [2.75, 3.05) is 33.2 Å². The second-order valence-electron chi connectivity index (χ2n) is 7.31. The van der Waals surface area contributed by atoms with Gasteiger partial charge in [0.1, 0.15) is 5.82 Å². The Kier molecular flexibility index (Phi) is 5.75. The highest BCUT2D eigenvalue weighted by atomic mass is 19.1. The molecule has 1 atom stereocenters. The Labute approximate surface area is 148 Å². The van der Waals surface area contributed by atoms with E-state index in [1.807, 2.05) is 4.68 Å². The topological polar surface area (TPSA) is 50.1 Å². The summed E-state index contributed by atoms with van der Waals surface area (Å²) >= 11 is 0. The molecule has 1 unspecified atom stereocenters. The molecule has 2 heterocycles. The third kappa shape index (κ3) is 4.61. The van der Waals surface area contributed by atoms with E-state index in [-0.39, 0.29) is 11.9 Å². The van der Waals surface area contributed by atoms with Gasteiger partial charge in [0.2, 0.25) is 0 Å². The van der Waals surface area contributed by atoms with Crippen molar-refractivity contribution in [3.8, 4) is 0 Å². The molecule has 3 rings (SSSR count). The lowest BCUT2D eigenvalue weighted by Crippen LogP contribution is -2.46. The van der Waals surface area contributed by atoms with E-state index in [0.29, 0.717) is 12.5 Å². The summed E-state index contributed by atoms with van der Waals surface area (Å²) < 4.78 is 15.0. The number of aromatic nitrogens is 4. The van der Waals surface area contributed by atoms with Crippen molar-refractivity contribution in [3.63, 3.8) is 0 Å². The van der Waals surface area contributed by atoms with Gasteiger partial charge in [-0.1, -0.05) is 26.0 Å². The molecule has 1 fully saturated rings. The molecule has 7 heteroatoms. The predicted molar refractivity (Wildman–Crippen MR) is 94.6 cm³/mol. The van der Waals surface area contributed by atoms with Crippen molar-refractivity contribution in [3.05, 3.63) is 41.5 Å². The molecule has 1 aliphatic heterocycles. The lowest BCUT2D eigenvalue weighted by Gasteiger charge is -2.38. The number of benzene rings is 1. The number of nitrogens with zero attached hydrogens (tertiary/aromatic N) is 6. The van der Waals surface area contributed by atoms with Crippen LogP contribution in [0.5, 0.6) is 0 Å². The molecule has 0 amide bonds. The van der Waals surface area contributed by atoms with E-state index in [4.69, 9.17) is 0 Å². The SMILES string of the molecule is CC(C)CC(c1nnnn1Cc1ccc(F)cc1)N1CCN(C)CC1.